The fourth-order valence-corrected chi connectivity index (χ4v) is 4.30. The lowest BCUT2D eigenvalue weighted by Gasteiger charge is -2.32. The van der Waals surface area contributed by atoms with E-state index >= 15 is 0 Å². The molecule has 3 unspecified atom stereocenters. The highest BCUT2D eigenvalue weighted by atomic mass is 32.2. The summed E-state index contributed by atoms with van der Waals surface area (Å²) >= 11 is 0. The van der Waals surface area contributed by atoms with Crippen LogP contribution in [0.15, 0.2) is 0 Å². The minimum Gasteiger partial charge on any atom is -0.311 e. The maximum absolute atomic E-state index is 11.6. The Morgan fingerprint density at radius 2 is 1.94 bits per heavy atom. The van der Waals surface area contributed by atoms with Crippen molar-refractivity contribution in [1.29, 1.82) is 0 Å². The smallest absolute Gasteiger partial charge is 0.150 e. The van der Waals surface area contributed by atoms with E-state index in [0.717, 1.165) is 38.0 Å². The summed E-state index contributed by atoms with van der Waals surface area (Å²) < 4.78 is 23.3. The van der Waals surface area contributed by atoms with Crippen molar-refractivity contribution in [3.05, 3.63) is 0 Å². The highest BCUT2D eigenvalue weighted by Crippen LogP contribution is 2.34. The van der Waals surface area contributed by atoms with Gasteiger partial charge in [0, 0.05) is 18.3 Å². The summed E-state index contributed by atoms with van der Waals surface area (Å²) in [5.41, 5.74) is 0. The maximum Gasteiger partial charge on any atom is 0.150 e. The average molecular weight is 273 g/mol. The van der Waals surface area contributed by atoms with E-state index in [9.17, 15) is 8.42 Å². The summed E-state index contributed by atoms with van der Waals surface area (Å²) in [4.78, 5) is 0. The molecule has 0 spiro atoms. The van der Waals surface area contributed by atoms with Crippen molar-refractivity contribution in [2.45, 2.75) is 75.6 Å². The van der Waals surface area contributed by atoms with Crippen LogP contribution in [0.2, 0.25) is 0 Å². The Balaban J connectivity index is 1.83. The molecule has 1 N–H and O–H groups in total. The van der Waals surface area contributed by atoms with Crippen molar-refractivity contribution in [2.75, 3.05) is 6.26 Å². The Morgan fingerprint density at radius 1 is 1.22 bits per heavy atom. The van der Waals surface area contributed by atoms with Gasteiger partial charge in [0.15, 0.2) is 0 Å². The zero-order valence-electron chi connectivity index (χ0n) is 11.7. The van der Waals surface area contributed by atoms with Gasteiger partial charge in [0.05, 0.1) is 5.25 Å². The van der Waals surface area contributed by atoms with E-state index in [1.165, 1.54) is 25.5 Å². The van der Waals surface area contributed by atoms with Crippen LogP contribution in [0.3, 0.4) is 0 Å². The summed E-state index contributed by atoms with van der Waals surface area (Å²) in [6.45, 7) is 2.23. The van der Waals surface area contributed by atoms with Crippen LogP contribution in [0.1, 0.15) is 58.3 Å². The molecule has 0 amide bonds. The number of sulfone groups is 1. The molecule has 0 saturated heterocycles. The molecule has 2 aliphatic rings. The molecule has 3 atom stereocenters. The molecular weight excluding hydrogens is 246 g/mol. The van der Waals surface area contributed by atoms with E-state index in [2.05, 4.69) is 12.2 Å². The number of hydrogen-bond acceptors (Lipinski definition) is 3. The second kappa shape index (κ2) is 5.91. The second-order valence-electron chi connectivity index (χ2n) is 6.27. The molecule has 0 radical (unpaired) electrons. The minimum atomic E-state index is -2.85. The lowest BCUT2D eigenvalue weighted by atomic mass is 9.93. The third-order valence-corrected chi connectivity index (χ3v) is 6.15. The molecule has 3 nitrogen and oxygen atoms in total. The molecule has 0 aromatic heterocycles. The molecule has 0 aliphatic heterocycles. The van der Waals surface area contributed by atoms with Gasteiger partial charge in [0.25, 0.3) is 0 Å². The lowest BCUT2D eigenvalue weighted by molar-refractivity contribution is 0.317. The van der Waals surface area contributed by atoms with E-state index in [4.69, 9.17) is 0 Å². The Morgan fingerprint density at radius 3 is 2.50 bits per heavy atom. The number of rotatable bonds is 6. The van der Waals surface area contributed by atoms with Crippen molar-refractivity contribution in [3.63, 3.8) is 0 Å². The van der Waals surface area contributed by atoms with Gasteiger partial charge >= 0.3 is 0 Å². The quantitative estimate of drug-likeness (QED) is 0.809. The Labute approximate surface area is 112 Å². The third kappa shape index (κ3) is 4.23. The molecule has 2 saturated carbocycles. The van der Waals surface area contributed by atoms with Crippen molar-refractivity contribution in [1.82, 2.24) is 5.32 Å². The maximum atomic E-state index is 11.6. The first-order valence-corrected chi connectivity index (χ1v) is 9.39. The molecule has 2 fully saturated rings. The van der Waals surface area contributed by atoms with Crippen LogP contribution < -0.4 is 5.32 Å². The number of nitrogens with one attached hydrogen (secondary N) is 1. The van der Waals surface area contributed by atoms with Gasteiger partial charge in [-0.05, 0) is 38.0 Å². The van der Waals surface area contributed by atoms with Crippen molar-refractivity contribution < 1.29 is 8.42 Å². The van der Waals surface area contributed by atoms with Crippen molar-refractivity contribution >= 4 is 9.84 Å². The van der Waals surface area contributed by atoms with Crippen LogP contribution in [-0.4, -0.2) is 32.0 Å². The van der Waals surface area contributed by atoms with Gasteiger partial charge in [-0.25, -0.2) is 8.42 Å². The highest BCUT2D eigenvalue weighted by Gasteiger charge is 2.31. The largest absolute Gasteiger partial charge is 0.311 e. The molecule has 0 bridgehead atoms. The first-order valence-electron chi connectivity index (χ1n) is 7.44. The van der Waals surface area contributed by atoms with Gasteiger partial charge in [-0.15, -0.1) is 0 Å². The Hall–Kier alpha value is -0.0900. The summed E-state index contributed by atoms with van der Waals surface area (Å²) in [5, 5.41) is 3.61. The van der Waals surface area contributed by atoms with Crippen molar-refractivity contribution in [2.24, 2.45) is 5.92 Å². The topological polar surface area (TPSA) is 46.2 Å². The Kier molecular flexibility index (Phi) is 4.70. The van der Waals surface area contributed by atoms with Gasteiger partial charge in [0.2, 0.25) is 0 Å². The van der Waals surface area contributed by atoms with Crippen LogP contribution in [0.25, 0.3) is 0 Å². The van der Waals surface area contributed by atoms with Crippen LogP contribution in [0.4, 0.5) is 0 Å². The molecule has 2 aliphatic carbocycles. The van der Waals surface area contributed by atoms with E-state index in [1.54, 1.807) is 0 Å². The SMILES string of the molecule is CCC(CC1CC1)NC1CCCC(S(C)(=O)=O)C1. The first kappa shape index (κ1) is 14.3. The molecule has 4 heteroatoms. The van der Waals surface area contributed by atoms with Gasteiger partial charge in [0.1, 0.15) is 9.84 Å². The zero-order chi connectivity index (χ0) is 13.2. The predicted molar refractivity (Wildman–Crippen MR) is 75.4 cm³/mol. The van der Waals surface area contributed by atoms with Gasteiger partial charge in [-0.2, -0.15) is 0 Å². The summed E-state index contributed by atoms with van der Waals surface area (Å²) in [7, 11) is -2.85. The first-order chi connectivity index (χ1) is 8.49. The van der Waals surface area contributed by atoms with Crippen LogP contribution in [0.5, 0.6) is 0 Å². The van der Waals surface area contributed by atoms with E-state index in [0.29, 0.717) is 12.1 Å². The average Bonchev–Trinajstić information content (AvgIpc) is 3.11. The summed E-state index contributed by atoms with van der Waals surface area (Å²) in [6.07, 6.45) is 10.5. The lowest BCUT2D eigenvalue weighted by Crippen LogP contribution is -2.43. The molecule has 18 heavy (non-hydrogen) atoms. The second-order valence-corrected chi connectivity index (χ2v) is 8.59. The van der Waals surface area contributed by atoms with Gasteiger partial charge in [-0.1, -0.05) is 26.2 Å². The summed E-state index contributed by atoms with van der Waals surface area (Å²) in [6, 6.07) is 1.02. The van der Waals surface area contributed by atoms with Crippen LogP contribution in [-0.2, 0) is 9.84 Å². The standard InChI is InChI=1S/C14H27NO2S/c1-3-12(9-11-7-8-11)15-13-5-4-6-14(10-13)18(2,16)17/h11-15H,3-10H2,1-2H3. The fraction of sp³-hybridized carbons (Fsp3) is 1.00. The van der Waals surface area contributed by atoms with E-state index < -0.39 is 9.84 Å². The van der Waals surface area contributed by atoms with Gasteiger partial charge in [-0.3, -0.25) is 0 Å². The fourth-order valence-electron chi connectivity index (χ4n) is 3.13. The highest BCUT2D eigenvalue weighted by molar-refractivity contribution is 7.91. The molecule has 2 rings (SSSR count). The zero-order valence-corrected chi connectivity index (χ0v) is 12.5. The van der Waals surface area contributed by atoms with Crippen molar-refractivity contribution in [3.8, 4) is 0 Å². The molecule has 0 heterocycles. The molecule has 106 valence electrons. The third-order valence-electron chi connectivity index (χ3n) is 4.51. The predicted octanol–water partition coefficient (Wildman–Crippen LogP) is 2.51. The molecule has 0 aromatic carbocycles. The minimum absolute atomic E-state index is 0.109. The molecular formula is C14H27NO2S. The Bertz CT molecular complexity index is 362. The normalized spacial score (nSPS) is 31.2. The summed E-state index contributed by atoms with van der Waals surface area (Å²) in [5.74, 6) is 0.941. The number of hydrogen-bond donors (Lipinski definition) is 1. The van der Waals surface area contributed by atoms with Gasteiger partial charge < -0.3 is 5.32 Å². The van der Waals surface area contributed by atoms with E-state index in [1.807, 2.05) is 0 Å². The van der Waals surface area contributed by atoms with Crippen LogP contribution >= 0.6 is 0 Å². The van der Waals surface area contributed by atoms with E-state index in [-0.39, 0.29) is 5.25 Å². The molecule has 0 aromatic rings. The van der Waals surface area contributed by atoms with Crippen LogP contribution in [0, 0.1) is 5.92 Å². The monoisotopic (exact) mass is 273 g/mol.